The summed E-state index contributed by atoms with van der Waals surface area (Å²) in [7, 11) is 0. The number of carbonyl (C=O) groups is 1. The van der Waals surface area contributed by atoms with Gasteiger partial charge in [0.2, 0.25) is 0 Å². The molecule has 2 aromatic heterocycles. The van der Waals surface area contributed by atoms with Crippen molar-refractivity contribution in [1.82, 2.24) is 14.5 Å². The van der Waals surface area contributed by atoms with Gasteiger partial charge < -0.3 is 4.57 Å². The molecule has 1 aliphatic heterocycles. The fourth-order valence-electron chi connectivity index (χ4n) is 3.91. The summed E-state index contributed by atoms with van der Waals surface area (Å²) in [4.78, 5) is 22.5. The molecule has 1 aliphatic rings. The molecule has 0 fully saturated rings. The number of nitrogens with one attached hydrogen (secondary N) is 1. The van der Waals surface area contributed by atoms with Gasteiger partial charge in [-0.3, -0.25) is 10.1 Å². The molecule has 0 radical (unpaired) electrons. The molecule has 4 aromatic rings. The summed E-state index contributed by atoms with van der Waals surface area (Å²) in [6.07, 6.45) is 4.25. The highest BCUT2D eigenvalue weighted by Gasteiger charge is 2.25. The molecule has 29 heavy (non-hydrogen) atoms. The van der Waals surface area contributed by atoms with Crippen molar-refractivity contribution in [3.05, 3.63) is 65.5 Å². The molecule has 0 saturated carbocycles. The van der Waals surface area contributed by atoms with E-state index in [-0.39, 0.29) is 5.91 Å². The summed E-state index contributed by atoms with van der Waals surface area (Å²) in [5, 5.41) is 3.60. The lowest BCUT2D eigenvalue weighted by Crippen LogP contribution is -2.15. The second kappa shape index (κ2) is 7.44. The zero-order chi connectivity index (χ0) is 19.8. The molecule has 1 amide bonds. The number of hydrogen-bond acceptors (Lipinski definition) is 4. The maximum Gasteiger partial charge on any atom is 0.277 e. The first kappa shape index (κ1) is 18.1. The van der Waals surface area contributed by atoms with Crippen molar-refractivity contribution in [2.75, 3.05) is 5.32 Å². The fraction of sp³-hybridized carbons (Fsp3) is 0.261. The van der Waals surface area contributed by atoms with Crippen LogP contribution in [0.15, 0.2) is 48.5 Å². The largest absolute Gasteiger partial charge is 0.327 e. The third-order valence-corrected chi connectivity index (χ3v) is 6.36. The van der Waals surface area contributed by atoms with Gasteiger partial charge in [-0.25, -0.2) is 9.97 Å². The topological polar surface area (TPSA) is 59.8 Å². The quantitative estimate of drug-likeness (QED) is 0.496. The van der Waals surface area contributed by atoms with Crippen molar-refractivity contribution < 1.29 is 4.79 Å². The number of aryl methyl sites for hydroxylation is 1. The number of para-hydroxylation sites is 1. The molecule has 2 aromatic carbocycles. The van der Waals surface area contributed by atoms with Crippen LogP contribution in [0, 0.1) is 6.92 Å². The van der Waals surface area contributed by atoms with Crippen LogP contribution in [0.25, 0.3) is 21.6 Å². The molecule has 1 N–H and O–H groups in total. The van der Waals surface area contributed by atoms with E-state index in [2.05, 4.69) is 46.1 Å². The Labute approximate surface area is 173 Å². The number of rotatable bonds is 3. The van der Waals surface area contributed by atoms with Crippen molar-refractivity contribution in [2.45, 2.75) is 39.2 Å². The maximum atomic E-state index is 13.2. The Morgan fingerprint density at radius 2 is 1.86 bits per heavy atom. The third-order valence-electron chi connectivity index (χ3n) is 5.41. The van der Waals surface area contributed by atoms with E-state index in [1.165, 1.54) is 23.3 Å². The Bertz CT molecular complexity index is 1160. The molecular weight excluding hydrogens is 380 g/mol. The van der Waals surface area contributed by atoms with E-state index in [4.69, 9.17) is 4.98 Å². The van der Waals surface area contributed by atoms with Crippen LogP contribution in [-0.2, 0) is 13.0 Å². The van der Waals surface area contributed by atoms with Crippen LogP contribution in [0.2, 0.25) is 0 Å². The molecule has 0 spiro atoms. The number of fused-ring (bicyclic) bond motifs is 2. The van der Waals surface area contributed by atoms with Crippen LogP contribution >= 0.6 is 11.3 Å². The van der Waals surface area contributed by atoms with E-state index in [1.807, 2.05) is 24.3 Å². The van der Waals surface area contributed by atoms with Crippen molar-refractivity contribution in [3.63, 3.8) is 0 Å². The molecule has 0 unspecified atom stereocenters. The predicted octanol–water partition coefficient (Wildman–Crippen LogP) is 5.45. The highest BCUT2D eigenvalue weighted by Crippen LogP contribution is 2.29. The first-order valence-electron chi connectivity index (χ1n) is 10.0. The van der Waals surface area contributed by atoms with E-state index in [0.29, 0.717) is 10.8 Å². The van der Waals surface area contributed by atoms with Crippen molar-refractivity contribution >= 4 is 32.6 Å². The van der Waals surface area contributed by atoms with Gasteiger partial charge in [-0.05, 0) is 38.3 Å². The van der Waals surface area contributed by atoms with E-state index in [1.54, 1.807) is 0 Å². The van der Waals surface area contributed by atoms with Gasteiger partial charge in [0, 0.05) is 12.1 Å². The van der Waals surface area contributed by atoms with E-state index >= 15 is 0 Å². The smallest absolute Gasteiger partial charge is 0.277 e. The minimum absolute atomic E-state index is 0.173. The lowest BCUT2D eigenvalue weighted by Gasteiger charge is -2.09. The van der Waals surface area contributed by atoms with Gasteiger partial charge >= 0.3 is 0 Å². The number of aromatic nitrogens is 3. The Hall–Kier alpha value is -2.99. The van der Waals surface area contributed by atoms with Crippen LogP contribution in [-0.4, -0.2) is 20.4 Å². The standard InChI is InChI=1S/C23H22N4OS/c1-15-10-12-16(13-11-15)21-25-20(18-8-3-2-6-14-27(18)21)22(28)26-23-24-17-7-4-5-9-19(17)29-23/h4-5,7,9-13H,2-3,6,8,14H2,1H3,(H,24,26,28). The highest BCUT2D eigenvalue weighted by atomic mass is 32.1. The Balaban J connectivity index is 1.53. The van der Waals surface area contributed by atoms with Crippen LogP contribution in [0.3, 0.4) is 0 Å². The van der Waals surface area contributed by atoms with Crippen LogP contribution in [0.1, 0.15) is 41.0 Å². The SMILES string of the molecule is Cc1ccc(-c2nc(C(=O)Nc3nc4ccccc4s3)c3n2CCCCC3)cc1. The molecule has 0 atom stereocenters. The summed E-state index contributed by atoms with van der Waals surface area (Å²) >= 11 is 1.49. The summed E-state index contributed by atoms with van der Waals surface area (Å²) in [5.41, 5.74) is 4.73. The number of benzene rings is 2. The molecule has 146 valence electrons. The number of anilines is 1. The van der Waals surface area contributed by atoms with Gasteiger partial charge in [-0.2, -0.15) is 0 Å². The normalized spacial score (nSPS) is 13.8. The summed E-state index contributed by atoms with van der Waals surface area (Å²) in [5.74, 6) is 0.712. The monoisotopic (exact) mass is 402 g/mol. The molecule has 0 bridgehead atoms. The van der Waals surface area contributed by atoms with E-state index in [0.717, 1.165) is 53.1 Å². The Morgan fingerprint density at radius 1 is 1.03 bits per heavy atom. The average Bonchev–Trinajstić information content (AvgIpc) is 3.21. The number of thiazole rings is 1. The number of imidazole rings is 1. The summed E-state index contributed by atoms with van der Waals surface area (Å²) < 4.78 is 3.30. The molecule has 6 heteroatoms. The fourth-order valence-corrected chi connectivity index (χ4v) is 4.77. The van der Waals surface area contributed by atoms with Crippen LogP contribution in [0.4, 0.5) is 5.13 Å². The summed E-state index contributed by atoms with van der Waals surface area (Å²) in [6, 6.07) is 16.3. The van der Waals surface area contributed by atoms with Gasteiger partial charge in [-0.15, -0.1) is 0 Å². The molecule has 5 nitrogen and oxygen atoms in total. The van der Waals surface area contributed by atoms with Gasteiger partial charge in [0.05, 0.1) is 15.9 Å². The lowest BCUT2D eigenvalue weighted by molar-refractivity contribution is 0.102. The molecular formula is C23H22N4OS. The molecule has 5 rings (SSSR count). The van der Waals surface area contributed by atoms with Crippen molar-refractivity contribution in [2.24, 2.45) is 0 Å². The zero-order valence-electron chi connectivity index (χ0n) is 16.3. The number of carbonyl (C=O) groups excluding carboxylic acids is 1. The van der Waals surface area contributed by atoms with Crippen LogP contribution < -0.4 is 5.32 Å². The van der Waals surface area contributed by atoms with E-state index in [9.17, 15) is 4.79 Å². The Morgan fingerprint density at radius 3 is 2.69 bits per heavy atom. The number of nitrogens with zero attached hydrogens (tertiary/aromatic N) is 3. The first-order valence-corrected chi connectivity index (χ1v) is 10.8. The van der Waals surface area contributed by atoms with Gasteiger partial charge in [0.1, 0.15) is 11.5 Å². The van der Waals surface area contributed by atoms with Gasteiger partial charge in [-0.1, -0.05) is 59.7 Å². The minimum Gasteiger partial charge on any atom is -0.327 e. The highest BCUT2D eigenvalue weighted by molar-refractivity contribution is 7.22. The zero-order valence-corrected chi connectivity index (χ0v) is 17.1. The number of hydrogen-bond donors (Lipinski definition) is 1. The molecule has 0 aliphatic carbocycles. The summed E-state index contributed by atoms with van der Waals surface area (Å²) in [6.45, 7) is 2.98. The second-order valence-corrected chi connectivity index (χ2v) is 8.53. The van der Waals surface area contributed by atoms with Gasteiger partial charge in [0.25, 0.3) is 5.91 Å². The van der Waals surface area contributed by atoms with Crippen molar-refractivity contribution in [1.29, 1.82) is 0 Å². The molecule has 0 saturated heterocycles. The maximum absolute atomic E-state index is 13.2. The third kappa shape index (κ3) is 3.44. The lowest BCUT2D eigenvalue weighted by atomic mass is 10.1. The second-order valence-electron chi connectivity index (χ2n) is 7.50. The van der Waals surface area contributed by atoms with Crippen LogP contribution in [0.5, 0.6) is 0 Å². The van der Waals surface area contributed by atoms with Crippen molar-refractivity contribution in [3.8, 4) is 11.4 Å². The number of amides is 1. The average molecular weight is 403 g/mol. The minimum atomic E-state index is -0.173. The predicted molar refractivity (Wildman–Crippen MR) is 118 cm³/mol. The Kier molecular flexibility index (Phi) is 4.64. The van der Waals surface area contributed by atoms with Gasteiger partial charge in [0.15, 0.2) is 5.13 Å². The molecule has 3 heterocycles. The van der Waals surface area contributed by atoms with E-state index < -0.39 is 0 Å². The first-order chi connectivity index (χ1) is 14.2.